The lowest BCUT2D eigenvalue weighted by Crippen LogP contribution is -2.43. The third-order valence-corrected chi connectivity index (χ3v) is 6.67. The van der Waals surface area contributed by atoms with Crippen LogP contribution in [0.5, 0.6) is 0 Å². The molecular weight excluding hydrogens is 352 g/mol. The number of nitrogens with one attached hydrogen (secondary N) is 1. The van der Waals surface area contributed by atoms with E-state index in [1.165, 1.54) is 20.5 Å². The first-order chi connectivity index (χ1) is 11.3. The molecule has 0 spiro atoms. The number of amides is 2. The van der Waals surface area contributed by atoms with Gasteiger partial charge in [0.05, 0.1) is 11.9 Å². The minimum Gasteiger partial charge on any atom is -0.336 e. The van der Waals surface area contributed by atoms with E-state index in [-0.39, 0.29) is 17.3 Å². The van der Waals surface area contributed by atoms with Crippen LogP contribution in [-0.4, -0.2) is 33.2 Å². The van der Waals surface area contributed by atoms with Gasteiger partial charge in [0.15, 0.2) is 0 Å². The Morgan fingerprint density at radius 1 is 1.29 bits per heavy atom. The summed E-state index contributed by atoms with van der Waals surface area (Å²) in [6, 6.07) is -0.101. The zero-order valence-corrected chi connectivity index (χ0v) is 15.0. The van der Waals surface area contributed by atoms with Crippen molar-refractivity contribution >= 4 is 39.2 Å². The molecule has 128 valence electrons. The number of hydrogen-bond donors (Lipinski definition) is 1. The summed E-state index contributed by atoms with van der Waals surface area (Å²) in [5.41, 5.74) is 0.114. The Kier molecular flexibility index (Phi) is 3.34. The Morgan fingerprint density at radius 3 is 2.58 bits per heavy atom. The molecule has 2 aliphatic rings. The van der Waals surface area contributed by atoms with E-state index in [0.29, 0.717) is 42.7 Å². The molecule has 2 aromatic heterocycles. The van der Waals surface area contributed by atoms with Crippen LogP contribution in [0.2, 0.25) is 0 Å². The normalized spacial score (nSPS) is 19.1. The van der Waals surface area contributed by atoms with Crippen LogP contribution >= 0.6 is 22.9 Å². The number of aromatic nitrogens is 2. The molecule has 0 aromatic carbocycles. The van der Waals surface area contributed by atoms with Crippen molar-refractivity contribution in [3.63, 3.8) is 0 Å². The monoisotopic (exact) mass is 368 g/mol. The molecular formula is C15H17ClN4O3S. The zero-order valence-electron chi connectivity index (χ0n) is 13.4. The molecule has 0 unspecified atom stereocenters. The molecule has 4 rings (SSSR count). The second-order valence-electron chi connectivity index (χ2n) is 6.38. The summed E-state index contributed by atoms with van der Waals surface area (Å²) >= 11 is 7.75. The molecule has 1 saturated carbocycles. The molecule has 0 bridgehead atoms. The lowest BCUT2D eigenvalue weighted by atomic mass is 10.2. The lowest BCUT2D eigenvalue weighted by Gasteiger charge is -2.13. The van der Waals surface area contributed by atoms with Gasteiger partial charge in [0.25, 0.3) is 5.56 Å². The average Bonchev–Trinajstić information content (AvgIpc) is 2.99. The van der Waals surface area contributed by atoms with Crippen LogP contribution < -0.4 is 16.6 Å². The summed E-state index contributed by atoms with van der Waals surface area (Å²) in [5.74, 6) is 0. The maximum atomic E-state index is 12.9. The van der Waals surface area contributed by atoms with E-state index in [0.717, 1.165) is 10.4 Å². The minimum absolute atomic E-state index is 0.101. The van der Waals surface area contributed by atoms with Crippen molar-refractivity contribution in [2.75, 3.05) is 13.1 Å². The topological polar surface area (TPSA) is 76.3 Å². The Morgan fingerprint density at radius 2 is 2.00 bits per heavy atom. The number of halogens is 1. The van der Waals surface area contributed by atoms with Gasteiger partial charge in [0, 0.05) is 25.0 Å². The highest BCUT2D eigenvalue weighted by Gasteiger charge is 2.45. The molecule has 2 fully saturated rings. The molecule has 0 atom stereocenters. The second kappa shape index (κ2) is 5.10. The highest BCUT2D eigenvalue weighted by atomic mass is 35.5. The van der Waals surface area contributed by atoms with Crippen molar-refractivity contribution in [2.24, 2.45) is 7.05 Å². The summed E-state index contributed by atoms with van der Waals surface area (Å²) in [5, 5.41) is 3.30. The van der Waals surface area contributed by atoms with E-state index in [2.05, 4.69) is 5.32 Å². The molecule has 1 aliphatic heterocycles. The van der Waals surface area contributed by atoms with Gasteiger partial charge in [-0.25, -0.2) is 14.2 Å². The van der Waals surface area contributed by atoms with E-state index in [1.807, 2.05) is 6.92 Å². The second-order valence-corrected chi connectivity index (χ2v) is 8.17. The fraction of sp³-hybridized carbons (Fsp3) is 0.533. The zero-order chi connectivity index (χ0) is 17.2. The first-order valence-electron chi connectivity index (χ1n) is 7.80. The fourth-order valence-electron chi connectivity index (χ4n) is 3.13. The number of aryl methyl sites for hydroxylation is 2. The quantitative estimate of drug-likeness (QED) is 0.829. The molecule has 0 radical (unpaired) electrons. The van der Waals surface area contributed by atoms with Crippen LogP contribution in [0.25, 0.3) is 10.2 Å². The number of hydrogen-bond acceptors (Lipinski definition) is 4. The van der Waals surface area contributed by atoms with E-state index in [1.54, 1.807) is 11.9 Å². The molecule has 9 heteroatoms. The lowest BCUT2D eigenvalue weighted by molar-refractivity contribution is 0.216. The predicted octanol–water partition coefficient (Wildman–Crippen LogP) is 1.28. The van der Waals surface area contributed by atoms with E-state index < -0.39 is 5.00 Å². The van der Waals surface area contributed by atoms with Crippen LogP contribution in [0.4, 0.5) is 4.79 Å². The van der Waals surface area contributed by atoms with Crippen LogP contribution in [-0.2, 0) is 18.6 Å². The average molecular weight is 369 g/mol. The smallest absolute Gasteiger partial charge is 0.333 e. The summed E-state index contributed by atoms with van der Waals surface area (Å²) in [7, 11) is 1.66. The Balaban J connectivity index is 1.91. The van der Waals surface area contributed by atoms with Gasteiger partial charge < -0.3 is 10.2 Å². The third-order valence-electron chi connectivity index (χ3n) is 4.77. The first-order valence-corrected chi connectivity index (χ1v) is 8.99. The van der Waals surface area contributed by atoms with Crippen molar-refractivity contribution in [1.29, 1.82) is 0 Å². The number of fused-ring (bicyclic) bond motifs is 1. The molecule has 1 aliphatic carbocycles. The summed E-state index contributed by atoms with van der Waals surface area (Å²) in [6.45, 7) is 3.58. The van der Waals surface area contributed by atoms with Gasteiger partial charge >= 0.3 is 11.7 Å². The third kappa shape index (κ3) is 2.12. The Bertz CT molecular complexity index is 985. The van der Waals surface area contributed by atoms with Gasteiger partial charge in [0.1, 0.15) is 9.83 Å². The highest BCUT2D eigenvalue weighted by Crippen LogP contribution is 2.46. The number of thiophene rings is 1. The van der Waals surface area contributed by atoms with Crippen LogP contribution in [0, 0.1) is 6.92 Å². The summed E-state index contributed by atoms with van der Waals surface area (Å²) in [6.07, 6.45) is 1.25. The van der Waals surface area contributed by atoms with Crippen molar-refractivity contribution in [1.82, 2.24) is 19.4 Å². The Labute approximate surface area is 146 Å². The number of nitrogens with zero attached hydrogens (tertiary/aromatic N) is 3. The molecule has 2 amide bonds. The Hall–Kier alpha value is -1.80. The minimum atomic E-state index is -0.872. The standard InChI is InChI=1S/C15H17ClN4O3S/c1-8-9(7-19-6-5-17-13(19)22)24-12-10(8)11(21)20(14(23)18(12)2)15(16)3-4-15/h3-7H2,1-2H3,(H,17,22). The molecule has 24 heavy (non-hydrogen) atoms. The van der Waals surface area contributed by atoms with Gasteiger partial charge in [0.2, 0.25) is 0 Å². The van der Waals surface area contributed by atoms with Gasteiger partial charge in [-0.15, -0.1) is 11.3 Å². The van der Waals surface area contributed by atoms with E-state index >= 15 is 0 Å². The fourth-order valence-corrected chi connectivity index (χ4v) is 4.64. The number of rotatable bonds is 3. The molecule has 7 nitrogen and oxygen atoms in total. The maximum Gasteiger partial charge on any atom is 0.333 e. The highest BCUT2D eigenvalue weighted by molar-refractivity contribution is 7.18. The van der Waals surface area contributed by atoms with Gasteiger partial charge in [-0.1, -0.05) is 11.6 Å². The van der Waals surface area contributed by atoms with Crippen LogP contribution in [0.1, 0.15) is 23.3 Å². The number of alkyl halides is 1. The van der Waals surface area contributed by atoms with Gasteiger partial charge in [-0.2, -0.15) is 0 Å². The van der Waals surface area contributed by atoms with Crippen molar-refractivity contribution < 1.29 is 4.79 Å². The van der Waals surface area contributed by atoms with E-state index in [9.17, 15) is 14.4 Å². The maximum absolute atomic E-state index is 12.9. The summed E-state index contributed by atoms with van der Waals surface area (Å²) < 4.78 is 2.67. The molecule has 2 aromatic rings. The van der Waals surface area contributed by atoms with Gasteiger partial charge in [-0.05, 0) is 25.3 Å². The summed E-state index contributed by atoms with van der Waals surface area (Å²) in [4.78, 5) is 39.6. The first kappa shape index (κ1) is 15.7. The van der Waals surface area contributed by atoms with Crippen molar-refractivity contribution in [2.45, 2.75) is 31.3 Å². The number of urea groups is 1. The largest absolute Gasteiger partial charge is 0.336 e. The van der Waals surface area contributed by atoms with Crippen LogP contribution in [0.15, 0.2) is 9.59 Å². The van der Waals surface area contributed by atoms with Crippen molar-refractivity contribution in [3.05, 3.63) is 31.3 Å². The number of carbonyl (C=O) groups is 1. The van der Waals surface area contributed by atoms with Crippen molar-refractivity contribution in [3.8, 4) is 0 Å². The number of carbonyl (C=O) groups excluding carboxylic acids is 1. The van der Waals surface area contributed by atoms with Gasteiger partial charge in [-0.3, -0.25) is 9.36 Å². The predicted molar refractivity (Wildman–Crippen MR) is 92.9 cm³/mol. The molecule has 1 saturated heterocycles. The SMILES string of the molecule is Cc1c(CN2CCNC2=O)sc2c1c(=O)n(C1(Cl)CC1)c(=O)n2C. The molecule has 3 heterocycles. The van der Waals surface area contributed by atoms with E-state index in [4.69, 9.17) is 11.6 Å². The molecule has 1 N–H and O–H groups in total. The van der Waals surface area contributed by atoms with Crippen LogP contribution in [0.3, 0.4) is 0 Å².